The molecule has 0 radical (unpaired) electrons. The summed E-state index contributed by atoms with van der Waals surface area (Å²) in [5.41, 5.74) is 1.29. The first-order valence-electron chi connectivity index (χ1n) is 8.32. The highest BCUT2D eigenvalue weighted by Gasteiger charge is 2.35. The Kier molecular flexibility index (Phi) is 5.27. The lowest BCUT2D eigenvalue weighted by atomic mass is 9.96. The lowest BCUT2D eigenvalue weighted by Gasteiger charge is -2.36. The largest absolute Gasteiger partial charge is 0.450 e. The molecular formula is C17H20BrN3O4. The van der Waals surface area contributed by atoms with E-state index in [2.05, 4.69) is 21.2 Å². The van der Waals surface area contributed by atoms with Gasteiger partial charge in [0, 0.05) is 17.6 Å². The van der Waals surface area contributed by atoms with Crippen LogP contribution in [0.4, 0.5) is 16.2 Å². The summed E-state index contributed by atoms with van der Waals surface area (Å²) in [6.07, 6.45) is 1.04. The molecule has 2 aliphatic heterocycles. The fourth-order valence-corrected chi connectivity index (χ4v) is 3.60. The molecule has 2 aliphatic rings. The van der Waals surface area contributed by atoms with Crippen molar-refractivity contribution in [3.63, 3.8) is 0 Å². The topological polar surface area (TPSA) is 79.0 Å². The lowest BCUT2D eigenvalue weighted by molar-refractivity contribution is -0.125. The molecule has 3 rings (SSSR count). The molecule has 1 aromatic carbocycles. The number of anilines is 2. The number of carbonyl (C=O) groups is 3. The Morgan fingerprint density at radius 2 is 2.20 bits per heavy atom. The molecule has 0 aromatic heterocycles. The highest BCUT2D eigenvalue weighted by Crippen LogP contribution is 2.34. The number of likely N-dealkylation sites (tertiary alicyclic amines) is 1. The number of piperidine rings is 1. The Hall–Kier alpha value is -2.09. The SMILES string of the molecule is CCOC(=O)N1CCC[C@H](C(=O)N2CC(=O)Nc3cc(Br)ccc32)C1. The fourth-order valence-electron chi connectivity index (χ4n) is 3.24. The summed E-state index contributed by atoms with van der Waals surface area (Å²) in [4.78, 5) is 40.0. The molecule has 0 spiro atoms. The number of rotatable bonds is 2. The van der Waals surface area contributed by atoms with Crippen LogP contribution in [0.3, 0.4) is 0 Å². The van der Waals surface area contributed by atoms with Crippen LogP contribution in [-0.2, 0) is 14.3 Å². The first-order chi connectivity index (χ1) is 12.0. The van der Waals surface area contributed by atoms with Gasteiger partial charge in [0.1, 0.15) is 6.54 Å². The molecule has 25 heavy (non-hydrogen) atoms. The van der Waals surface area contributed by atoms with E-state index in [0.717, 1.165) is 10.9 Å². The average Bonchev–Trinajstić information content (AvgIpc) is 2.60. The van der Waals surface area contributed by atoms with Gasteiger partial charge in [0.2, 0.25) is 11.8 Å². The summed E-state index contributed by atoms with van der Waals surface area (Å²) in [5.74, 6) is -0.690. The minimum absolute atomic E-state index is 0.0105. The standard InChI is InChI=1S/C17H20BrN3O4/c1-2-25-17(24)20-7-3-4-11(9-20)16(23)21-10-15(22)19-13-8-12(18)5-6-14(13)21/h5-6,8,11H,2-4,7,9-10H2,1H3,(H,19,22)/t11-/m0/s1. The second-order valence-corrected chi connectivity index (χ2v) is 7.03. The third-order valence-electron chi connectivity index (χ3n) is 4.39. The minimum Gasteiger partial charge on any atom is -0.450 e. The Balaban J connectivity index is 1.79. The molecular weight excluding hydrogens is 390 g/mol. The van der Waals surface area contributed by atoms with Crippen molar-refractivity contribution < 1.29 is 19.1 Å². The molecule has 1 atom stereocenters. The number of nitrogens with zero attached hydrogens (tertiary/aromatic N) is 2. The first kappa shape index (κ1) is 17.7. The molecule has 1 fully saturated rings. The molecule has 2 heterocycles. The molecule has 7 nitrogen and oxygen atoms in total. The number of halogens is 1. The Labute approximate surface area is 154 Å². The third kappa shape index (κ3) is 3.78. The van der Waals surface area contributed by atoms with Gasteiger partial charge in [-0.2, -0.15) is 0 Å². The van der Waals surface area contributed by atoms with Gasteiger partial charge >= 0.3 is 6.09 Å². The van der Waals surface area contributed by atoms with Gasteiger partial charge in [-0.1, -0.05) is 15.9 Å². The maximum atomic E-state index is 13.0. The van der Waals surface area contributed by atoms with Gasteiger partial charge in [-0.05, 0) is 38.0 Å². The van der Waals surface area contributed by atoms with Crippen molar-refractivity contribution in [1.29, 1.82) is 0 Å². The molecule has 134 valence electrons. The van der Waals surface area contributed by atoms with Crippen LogP contribution in [-0.4, -0.2) is 49.0 Å². The Morgan fingerprint density at radius 3 is 2.96 bits per heavy atom. The fraction of sp³-hybridized carbons (Fsp3) is 0.471. The van der Waals surface area contributed by atoms with Crippen LogP contribution in [0.15, 0.2) is 22.7 Å². The van der Waals surface area contributed by atoms with Crippen LogP contribution < -0.4 is 10.2 Å². The van der Waals surface area contributed by atoms with Gasteiger partial charge in [-0.15, -0.1) is 0 Å². The number of nitrogens with one attached hydrogen (secondary N) is 1. The molecule has 0 aliphatic carbocycles. The molecule has 3 amide bonds. The van der Waals surface area contributed by atoms with Gasteiger partial charge < -0.3 is 19.9 Å². The highest BCUT2D eigenvalue weighted by atomic mass is 79.9. The van der Waals surface area contributed by atoms with Crippen molar-refractivity contribution >= 4 is 45.2 Å². The maximum Gasteiger partial charge on any atom is 0.409 e. The lowest BCUT2D eigenvalue weighted by Crippen LogP contribution is -2.50. The monoisotopic (exact) mass is 409 g/mol. The van der Waals surface area contributed by atoms with E-state index in [-0.39, 0.29) is 30.4 Å². The van der Waals surface area contributed by atoms with E-state index in [1.807, 2.05) is 12.1 Å². The maximum absolute atomic E-state index is 13.0. The van der Waals surface area contributed by atoms with Crippen LogP contribution >= 0.6 is 15.9 Å². The number of ether oxygens (including phenoxy) is 1. The number of amides is 3. The van der Waals surface area contributed by atoms with Crippen LogP contribution in [0.25, 0.3) is 0 Å². The summed E-state index contributed by atoms with van der Waals surface area (Å²) in [6.45, 7) is 2.96. The van der Waals surface area contributed by atoms with E-state index in [1.165, 1.54) is 4.90 Å². The first-order valence-corrected chi connectivity index (χ1v) is 9.11. The summed E-state index contributed by atoms with van der Waals surface area (Å²) in [7, 11) is 0. The zero-order valence-corrected chi connectivity index (χ0v) is 15.5. The van der Waals surface area contributed by atoms with Crippen molar-refractivity contribution in [1.82, 2.24) is 4.90 Å². The van der Waals surface area contributed by atoms with Gasteiger partial charge in [0.25, 0.3) is 0 Å². The van der Waals surface area contributed by atoms with Crippen LogP contribution in [0.5, 0.6) is 0 Å². The molecule has 1 aromatic rings. The summed E-state index contributed by atoms with van der Waals surface area (Å²) in [5, 5.41) is 2.78. The summed E-state index contributed by atoms with van der Waals surface area (Å²) >= 11 is 3.37. The predicted molar refractivity (Wildman–Crippen MR) is 96.4 cm³/mol. The van der Waals surface area contributed by atoms with Crippen molar-refractivity contribution in [2.24, 2.45) is 5.92 Å². The van der Waals surface area contributed by atoms with Crippen molar-refractivity contribution in [2.45, 2.75) is 19.8 Å². The van der Waals surface area contributed by atoms with Gasteiger partial charge in [-0.3, -0.25) is 9.59 Å². The normalized spacial score (nSPS) is 19.9. The number of fused-ring (bicyclic) bond motifs is 1. The van der Waals surface area contributed by atoms with E-state index >= 15 is 0 Å². The van der Waals surface area contributed by atoms with E-state index in [4.69, 9.17) is 4.74 Å². The molecule has 0 bridgehead atoms. The van der Waals surface area contributed by atoms with Gasteiger partial charge in [-0.25, -0.2) is 4.79 Å². The third-order valence-corrected chi connectivity index (χ3v) is 4.88. The zero-order chi connectivity index (χ0) is 18.0. The number of hydrogen-bond acceptors (Lipinski definition) is 4. The van der Waals surface area contributed by atoms with E-state index in [9.17, 15) is 14.4 Å². The molecule has 0 unspecified atom stereocenters. The van der Waals surface area contributed by atoms with Gasteiger partial charge in [0.05, 0.1) is 23.9 Å². The van der Waals surface area contributed by atoms with Crippen LogP contribution in [0.1, 0.15) is 19.8 Å². The van der Waals surface area contributed by atoms with E-state index < -0.39 is 0 Å². The number of carbonyl (C=O) groups excluding carboxylic acids is 3. The summed E-state index contributed by atoms with van der Waals surface area (Å²) in [6, 6.07) is 5.42. The van der Waals surface area contributed by atoms with E-state index in [1.54, 1.807) is 17.9 Å². The zero-order valence-electron chi connectivity index (χ0n) is 14.0. The number of benzene rings is 1. The van der Waals surface area contributed by atoms with Crippen molar-refractivity contribution in [3.05, 3.63) is 22.7 Å². The Bertz CT molecular complexity index is 709. The molecule has 1 saturated heterocycles. The summed E-state index contributed by atoms with van der Waals surface area (Å²) < 4.78 is 5.86. The molecule has 0 saturated carbocycles. The average molecular weight is 410 g/mol. The predicted octanol–water partition coefficient (Wildman–Crippen LogP) is 2.60. The van der Waals surface area contributed by atoms with Crippen molar-refractivity contribution in [3.8, 4) is 0 Å². The highest BCUT2D eigenvalue weighted by molar-refractivity contribution is 9.10. The van der Waals surface area contributed by atoms with E-state index in [0.29, 0.717) is 37.5 Å². The van der Waals surface area contributed by atoms with Crippen molar-refractivity contribution in [2.75, 3.05) is 36.5 Å². The minimum atomic E-state index is -0.388. The number of hydrogen-bond donors (Lipinski definition) is 1. The molecule has 1 N–H and O–H groups in total. The second-order valence-electron chi connectivity index (χ2n) is 6.12. The van der Waals surface area contributed by atoms with Gasteiger partial charge in [0.15, 0.2) is 0 Å². The quantitative estimate of drug-likeness (QED) is 0.813. The molecule has 8 heteroatoms. The van der Waals surface area contributed by atoms with Crippen LogP contribution in [0.2, 0.25) is 0 Å². The van der Waals surface area contributed by atoms with Crippen LogP contribution in [0, 0.1) is 5.92 Å². The second kappa shape index (κ2) is 7.43. The smallest absolute Gasteiger partial charge is 0.409 e. The Morgan fingerprint density at radius 1 is 1.40 bits per heavy atom.